The van der Waals surface area contributed by atoms with Gasteiger partial charge in [0.1, 0.15) is 11.9 Å². The van der Waals surface area contributed by atoms with E-state index in [0.29, 0.717) is 12.1 Å². The lowest BCUT2D eigenvalue weighted by atomic mass is 10.0. The van der Waals surface area contributed by atoms with Crippen LogP contribution in [-0.2, 0) is 16.0 Å². The molecule has 1 aliphatic heterocycles. The van der Waals surface area contributed by atoms with Crippen molar-refractivity contribution < 1.29 is 23.1 Å². The van der Waals surface area contributed by atoms with Gasteiger partial charge in [0.25, 0.3) is 0 Å². The van der Waals surface area contributed by atoms with Gasteiger partial charge in [-0.3, -0.25) is 9.59 Å². The third-order valence-corrected chi connectivity index (χ3v) is 4.60. The number of methoxy groups -OCH3 is 1. The van der Waals surface area contributed by atoms with Crippen molar-refractivity contribution in [1.29, 1.82) is 0 Å². The molecular formula is C20H20F2N2O3. The van der Waals surface area contributed by atoms with Gasteiger partial charge < -0.3 is 15.0 Å². The zero-order valence-corrected chi connectivity index (χ0v) is 14.9. The zero-order chi connectivity index (χ0) is 19.4. The molecule has 1 atom stereocenters. The van der Waals surface area contributed by atoms with Crippen LogP contribution in [-0.4, -0.2) is 36.9 Å². The summed E-state index contributed by atoms with van der Waals surface area (Å²) < 4.78 is 33.4. The topological polar surface area (TPSA) is 58.6 Å². The highest BCUT2D eigenvalue weighted by atomic mass is 19.1. The lowest BCUT2D eigenvalue weighted by Gasteiger charge is -2.35. The molecule has 142 valence electrons. The van der Waals surface area contributed by atoms with E-state index >= 15 is 0 Å². The standard InChI is InChI=1S/C20H20F2N2O3/c1-27-16-8-4-5-13(18(16)22)9-10-17(25)24-12-11-23-20(26)19(24)14-6-2-3-7-15(14)21/h2-8,19H,9-12H2,1H3,(H,23,26). The first kappa shape index (κ1) is 18.8. The smallest absolute Gasteiger partial charge is 0.247 e. The Bertz CT molecular complexity index is 857. The summed E-state index contributed by atoms with van der Waals surface area (Å²) in [6.07, 6.45) is 0.159. The summed E-state index contributed by atoms with van der Waals surface area (Å²) in [6.45, 7) is 0.563. The maximum absolute atomic E-state index is 14.3. The van der Waals surface area contributed by atoms with Crippen LogP contribution in [0.3, 0.4) is 0 Å². The number of halogens is 2. The van der Waals surface area contributed by atoms with Crippen LogP contribution in [0.1, 0.15) is 23.6 Å². The Hall–Kier alpha value is -2.96. The van der Waals surface area contributed by atoms with Gasteiger partial charge >= 0.3 is 0 Å². The van der Waals surface area contributed by atoms with Crippen molar-refractivity contribution in [3.8, 4) is 5.75 Å². The van der Waals surface area contributed by atoms with E-state index in [1.807, 2.05) is 0 Å². The Balaban J connectivity index is 1.78. The number of carbonyl (C=O) groups is 2. The first-order chi connectivity index (χ1) is 13.0. The normalized spacial score (nSPS) is 16.8. The molecule has 0 bridgehead atoms. The number of rotatable bonds is 5. The highest BCUT2D eigenvalue weighted by Gasteiger charge is 2.35. The molecule has 1 N–H and O–H groups in total. The third-order valence-electron chi connectivity index (χ3n) is 4.60. The van der Waals surface area contributed by atoms with Crippen LogP contribution in [0.4, 0.5) is 8.78 Å². The van der Waals surface area contributed by atoms with E-state index in [4.69, 9.17) is 4.74 Å². The fourth-order valence-electron chi connectivity index (χ4n) is 3.23. The number of carbonyl (C=O) groups excluding carboxylic acids is 2. The Morgan fingerprint density at radius 2 is 2.00 bits per heavy atom. The Morgan fingerprint density at radius 1 is 1.22 bits per heavy atom. The van der Waals surface area contributed by atoms with Crippen LogP contribution in [0, 0.1) is 11.6 Å². The van der Waals surface area contributed by atoms with Gasteiger partial charge in [-0.05, 0) is 24.1 Å². The van der Waals surface area contributed by atoms with Crippen molar-refractivity contribution >= 4 is 11.8 Å². The van der Waals surface area contributed by atoms with Crippen LogP contribution in [0.2, 0.25) is 0 Å². The maximum atomic E-state index is 14.3. The molecule has 1 heterocycles. The Labute approximate surface area is 155 Å². The molecule has 0 spiro atoms. The minimum atomic E-state index is -1.03. The average Bonchev–Trinajstić information content (AvgIpc) is 2.67. The first-order valence-corrected chi connectivity index (χ1v) is 8.66. The van der Waals surface area contributed by atoms with Crippen molar-refractivity contribution in [2.75, 3.05) is 20.2 Å². The van der Waals surface area contributed by atoms with E-state index in [9.17, 15) is 18.4 Å². The number of nitrogens with zero attached hydrogens (tertiary/aromatic N) is 1. The second-order valence-corrected chi connectivity index (χ2v) is 6.24. The van der Waals surface area contributed by atoms with Crippen molar-refractivity contribution in [2.24, 2.45) is 0 Å². The third kappa shape index (κ3) is 3.92. The quantitative estimate of drug-likeness (QED) is 0.875. The fraction of sp³-hybridized carbons (Fsp3) is 0.300. The molecule has 2 aromatic rings. The average molecular weight is 374 g/mol. The van der Waals surface area contributed by atoms with Gasteiger partial charge in [0.15, 0.2) is 11.6 Å². The van der Waals surface area contributed by atoms with Crippen LogP contribution in [0.15, 0.2) is 42.5 Å². The van der Waals surface area contributed by atoms with Crippen LogP contribution < -0.4 is 10.1 Å². The van der Waals surface area contributed by atoms with Gasteiger partial charge in [0.05, 0.1) is 7.11 Å². The number of aryl methyl sites for hydroxylation is 1. The molecule has 0 aliphatic carbocycles. The number of hydrogen-bond acceptors (Lipinski definition) is 3. The maximum Gasteiger partial charge on any atom is 0.247 e. The van der Waals surface area contributed by atoms with E-state index in [1.165, 1.54) is 36.3 Å². The molecular weight excluding hydrogens is 354 g/mol. The van der Waals surface area contributed by atoms with Crippen LogP contribution in [0.5, 0.6) is 5.75 Å². The minimum Gasteiger partial charge on any atom is -0.494 e. The summed E-state index contributed by atoms with van der Waals surface area (Å²) in [5.41, 5.74) is 0.502. The number of piperazine rings is 1. The van der Waals surface area contributed by atoms with E-state index < -0.39 is 23.6 Å². The predicted molar refractivity (Wildman–Crippen MR) is 95.1 cm³/mol. The predicted octanol–water partition coefficient (Wildman–Crippen LogP) is 2.61. The molecule has 1 aliphatic rings. The second kappa shape index (κ2) is 8.16. The highest BCUT2D eigenvalue weighted by molar-refractivity contribution is 5.90. The molecule has 2 amide bonds. The van der Waals surface area contributed by atoms with Gasteiger partial charge in [0.2, 0.25) is 11.8 Å². The second-order valence-electron chi connectivity index (χ2n) is 6.24. The van der Waals surface area contributed by atoms with E-state index in [1.54, 1.807) is 18.2 Å². The van der Waals surface area contributed by atoms with Crippen molar-refractivity contribution in [3.05, 3.63) is 65.2 Å². The molecule has 7 heteroatoms. The monoisotopic (exact) mass is 374 g/mol. The molecule has 0 radical (unpaired) electrons. The minimum absolute atomic E-state index is 0.00230. The summed E-state index contributed by atoms with van der Waals surface area (Å²) in [5.74, 6) is -1.69. The molecule has 1 fully saturated rings. The summed E-state index contributed by atoms with van der Waals surface area (Å²) in [6, 6.07) is 9.61. The van der Waals surface area contributed by atoms with Crippen LogP contribution >= 0.6 is 0 Å². The van der Waals surface area contributed by atoms with Crippen molar-refractivity contribution in [1.82, 2.24) is 10.2 Å². The Morgan fingerprint density at radius 3 is 2.74 bits per heavy atom. The highest BCUT2D eigenvalue weighted by Crippen LogP contribution is 2.27. The fourth-order valence-corrected chi connectivity index (χ4v) is 3.23. The molecule has 5 nitrogen and oxygen atoms in total. The first-order valence-electron chi connectivity index (χ1n) is 8.66. The lowest BCUT2D eigenvalue weighted by Crippen LogP contribution is -2.52. The lowest BCUT2D eigenvalue weighted by molar-refractivity contribution is -0.143. The zero-order valence-electron chi connectivity index (χ0n) is 14.9. The number of amides is 2. The Kier molecular flexibility index (Phi) is 5.69. The van der Waals surface area contributed by atoms with Crippen molar-refractivity contribution in [2.45, 2.75) is 18.9 Å². The largest absolute Gasteiger partial charge is 0.494 e. The molecule has 1 unspecified atom stereocenters. The van der Waals surface area contributed by atoms with E-state index in [0.717, 1.165) is 0 Å². The SMILES string of the molecule is COc1cccc(CCC(=O)N2CCNC(=O)C2c2ccccc2F)c1F. The van der Waals surface area contributed by atoms with Gasteiger partial charge in [-0.15, -0.1) is 0 Å². The molecule has 3 rings (SSSR count). The van der Waals surface area contributed by atoms with Crippen molar-refractivity contribution in [3.63, 3.8) is 0 Å². The number of nitrogens with one attached hydrogen (secondary N) is 1. The van der Waals surface area contributed by atoms with E-state index in [2.05, 4.69) is 5.32 Å². The van der Waals surface area contributed by atoms with Gasteiger partial charge in [-0.2, -0.15) is 0 Å². The van der Waals surface area contributed by atoms with Crippen LogP contribution in [0.25, 0.3) is 0 Å². The number of hydrogen-bond donors (Lipinski definition) is 1. The molecule has 27 heavy (non-hydrogen) atoms. The summed E-state index contributed by atoms with van der Waals surface area (Å²) in [5, 5.41) is 2.66. The van der Waals surface area contributed by atoms with E-state index in [-0.39, 0.29) is 36.6 Å². The molecule has 0 aromatic heterocycles. The van der Waals surface area contributed by atoms with Gasteiger partial charge in [0, 0.05) is 25.1 Å². The van der Waals surface area contributed by atoms with Gasteiger partial charge in [-0.1, -0.05) is 30.3 Å². The molecule has 1 saturated heterocycles. The number of benzene rings is 2. The van der Waals surface area contributed by atoms with Gasteiger partial charge in [-0.25, -0.2) is 8.78 Å². The number of ether oxygens (including phenoxy) is 1. The molecule has 2 aromatic carbocycles. The summed E-state index contributed by atoms with van der Waals surface area (Å²) in [4.78, 5) is 26.4. The molecule has 0 saturated carbocycles. The summed E-state index contributed by atoms with van der Waals surface area (Å²) >= 11 is 0. The summed E-state index contributed by atoms with van der Waals surface area (Å²) in [7, 11) is 1.37.